The van der Waals surface area contributed by atoms with Gasteiger partial charge in [0.1, 0.15) is 0 Å². The van der Waals surface area contributed by atoms with Crippen molar-refractivity contribution in [2.45, 2.75) is 12.8 Å². The zero-order valence-corrected chi connectivity index (χ0v) is 11.3. The number of ether oxygens (including phenoxy) is 1. The highest BCUT2D eigenvalue weighted by Gasteiger charge is 2.15. The van der Waals surface area contributed by atoms with Gasteiger partial charge >= 0.3 is 0 Å². The normalized spacial score (nSPS) is 11.4. The molecule has 1 amide bonds. The average Bonchev–Trinajstić information content (AvgIpc) is 2.41. The second-order valence-electron chi connectivity index (χ2n) is 4.09. The van der Waals surface area contributed by atoms with E-state index in [2.05, 4.69) is 15.6 Å². The molecule has 1 rings (SSSR count). The van der Waals surface area contributed by atoms with Gasteiger partial charge in [-0.25, -0.2) is 13.8 Å². The van der Waals surface area contributed by atoms with E-state index in [9.17, 15) is 13.6 Å². The molecule has 7 heteroatoms. The largest absolute Gasteiger partial charge is 0.481 e. The van der Waals surface area contributed by atoms with Crippen LogP contribution in [0.2, 0.25) is 0 Å². The molecule has 5 nitrogen and oxygen atoms in total. The lowest BCUT2D eigenvalue weighted by Crippen LogP contribution is -2.27. The molecule has 0 aromatic carbocycles. The van der Waals surface area contributed by atoms with E-state index in [1.54, 1.807) is 18.3 Å². The molecular weight excluding hydrogens is 268 g/mol. The average molecular weight is 285 g/mol. The maximum atomic E-state index is 12.5. The summed E-state index contributed by atoms with van der Waals surface area (Å²) >= 11 is 0. The predicted octanol–water partition coefficient (Wildman–Crippen LogP) is 1.83. The Hall–Kier alpha value is -2.18. The number of nitrogens with one attached hydrogen (secondary N) is 2. The molecule has 0 unspecified atom stereocenters. The number of alkyl halides is 2. The number of halogens is 2. The zero-order valence-electron chi connectivity index (χ0n) is 11.3. The number of anilines is 1. The molecular formula is C13H17F2N3O2. The lowest BCUT2D eigenvalue weighted by Gasteiger charge is -2.08. The van der Waals surface area contributed by atoms with E-state index in [4.69, 9.17) is 4.74 Å². The third-order valence-electron chi connectivity index (χ3n) is 2.22. The number of methoxy groups -OCH3 is 1. The van der Waals surface area contributed by atoms with Gasteiger partial charge in [0.2, 0.25) is 11.8 Å². The van der Waals surface area contributed by atoms with E-state index in [-0.39, 0.29) is 0 Å². The molecule has 0 aliphatic carbocycles. The fourth-order valence-corrected chi connectivity index (χ4v) is 1.30. The minimum Gasteiger partial charge on any atom is -0.481 e. The third-order valence-corrected chi connectivity index (χ3v) is 2.22. The van der Waals surface area contributed by atoms with Crippen LogP contribution in [0.4, 0.5) is 14.5 Å². The van der Waals surface area contributed by atoms with E-state index in [0.29, 0.717) is 25.0 Å². The number of amides is 1. The summed E-state index contributed by atoms with van der Waals surface area (Å²) in [7, 11) is 1.52. The number of aromatic nitrogens is 1. The number of hydrogen-bond acceptors (Lipinski definition) is 4. The quantitative estimate of drug-likeness (QED) is 0.592. The van der Waals surface area contributed by atoms with Crippen LogP contribution in [0.1, 0.15) is 6.92 Å². The monoisotopic (exact) mass is 285 g/mol. The summed E-state index contributed by atoms with van der Waals surface area (Å²) in [5.74, 6) is -3.06. The van der Waals surface area contributed by atoms with Gasteiger partial charge in [-0.3, -0.25) is 4.79 Å². The minimum atomic E-state index is -2.98. The van der Waals surface area contributed by atoms with Gasteiger partial charge in [-0.2, -0.15) is 0 Å². The second kappa shape index (κ2) is 7.42. The number of nitrogens with zero attached hydrogens (tertiary/aromatic N) is 1. The van der Waals surface area contributed by atoms with Gasteiger partial charge in [0.15, 0.2) is 0 Å². The van der Waals surface area contributed by atoms with Crippen LogP contribution in [0.15, 0.2) is 30.5 Å². The molecule has 1 aromatic heterocycles. The number of hydrogen-bond donors (Lipinski definition) is 2. The van der Waals surface area contributed by atoms with Crippen molar-refractivity contribution in [1.29, 1.82) is 0 Å². The maximum absolute atomic E-state index is 12.5. The first-order valence-electron chi connectivity index (χ1n) is 5.99. The Balaban J connectivity index is 2.28. The van der Waals surface area contributed by atoms with Crippen molar-refractivity contribution in [2.75, 3.05) is 25.5 Å². The molecule has 0 radical (unpaired) electrons. The summed E-state index contributed by atoms with van der Waals surface area (Å²) in [5.41, 5.74) is 0.793. The Bertz CT molecular complexity index is 473. The maximum Gasteiger partial charge on any atom is 0.264 e. The fraction of sp³-hybridized carbons (Fsp3) is 0.385. The SMILES string of the molecule is COc1cc(NCCNC(=O)/C=C/C(C)(F)F)ccn1. The van der Waals surface area contributed by atoms with Gasteiger partial charge in [0.05, 0.1) is 7.11 Å². The van der Waals surface area contributed by atoms with Crippen molar-refractivity contribution in [3.8, 4) is 5.88 Å². The molecule has 0 fully saturated rings. The van der Waals surface area contributed by atoms with E-state index in [1.807, 2.05) is 0 Å². The van der Waals surface area contributed by atoms with Crippen molar-refractivity contribution in [3.05, 3.63) is 30.5 Å². The van der Waals surface area contributed by atoms with Crippen LogP contribution in [-0.4, -0.2) is 37.0 Å². The first kappa shape index (κ1) is 15.9. The highest BCUT2D eigenvalue weighted by atomic mass is 19.3. The number of rotatable bonds is 7. The molecule has 1 heterocycles. The fourth-order valence-electron chi connectivity index (χ4n) is 1.30. The van der Waals surface area contributed by atoms with Gasteiger partial charge in [0.25, 0.3) is 5.92 Å². The van der Waals surface area contributed by atoms with E-state index in [0.717, 1.165) is 18.7 Å². The van der Waals surface area contributed by atoms with Crippen LogP contribution >= 0.6 is 0 Å². The molecule has 0 bridgehead atoms. The van der Waals surface area contributed by atoms with Crippen molar-refractivity contribution < 1.29 is 18.3 Å². The molecule has 20 heavy (non-hydrogen) atoms. The van der Waals surface area contributed by atoms with Crippen LogP contribution in [0.3, 0.4) is 0 Å². The number of carbonyl (C=O) groups excluding carboxylic acids is 1. The lowest BCUT2D eigenvalue weighted by molar-refractivity contribution is -0.116. The van der Waals surface area contributed by atoms with E-state index >= 15 is 0 Å². The Kier molecular flexibility index (Phi) is 5.89. The molecule has 0 atom stereocenters. The summed E-state index contributed by atoms with van der Waals surface area (Å²) in [6, 6.07) is 3.46. The summed E-state index contributed by atoms with van der Waals surface area (Å²) in [6.45, 7) is 1.48. The van der Waals surface area contributed by atoms with Crippen LogP contribution in [0, 0.1) is 0 Å². The zero-order chi connectivity index (χ0) is 15.0. The number of carbonyl (C=O) groups is 1. The molecule has 2 N–H and O–H groups in total. The highest BCUT2D eigenvalue weighted by Crippen LogP contribution is 2.13. The van der Waals surface area contributed by atoms with Gasteiger partial charge in [-0.1, -0.05) is 0 Å². The highest BCUT2D eigenvalue weighted by molar-refractivity contribution is 5.87. The molecule has 0 spiro atoms. The summed E-state index contributed by atoms with van der Waals surface area (Å²) in [6.07, 6.45) is 2.98. The summed E-state index contributed by atoms with van der Waals surface area (Å²) in [4.78, 5) is 15.2. The molecule has 0 aliphatic heterocycles. The first-order valence-corrected chi connectivity index (χ1v) is 5.99. The smallest absolute Gasteiger partial charge is 0.264 e. The Labute approximate surface area is 116 Å². The lowest BCUT2D eigenvalue weighted by atomic mass is 10.3. The van der Waals surface area contributed by atoms with Gasteiger partial charge < -0.3 is 15.4 Å². The first-order chi connectivity index (χ1) is 9.40. The third kappa shape index (κ3) is 6.67. The summed E-state index contributed by atoms with van der Waals surface area (Å²) in [5, 5.41) is 5.53. The Morgan fingerprint density at radius 3 is 2.90 bits per heavy atom. The standard InChI is InChI=1S/C13H17F2N3O2/c1-13(14,15)5-3-11(19)17-8-7-16-10-4-6-18-12(9-10)20-2/h3-6,9H,7-8H2,1-2H3,(H,16,18)(H,17,19)/b5-3+. The van der Waals surface area contributed by atoms with Crippen molar-refractivity contribution in [3.63, 3.8) is 0 Å². The predicted molar refractivity (Wildman–Crippen MR) is 72.0 cm³/mol. The molecule has 0 saturated carbocycles. The van der Waals surface area contributed by atoms with Crippen molar-refractivity contribution in [2.24, 2.45) is 0 Å². The van der Waals surface area contributed by atoms with Crippen molar-refractivity contribution >= 4 is 11.6 Å². The molecule has 0 saturated heterocycles. The van der Waals surface area contributed by atoms with Crippen LogP contribution in [0.25, 0.3) is 0 Å². The van der Waals surface area contributed by atoms with Gasteiger partial charge in [-0.05, 0) is 12.1 Å². The van der Waals surface area contributed by atoms with Crippen LogP contribution < -0.4 is 15.4 Å². The molecule has 0 aliphatic rings. The Morgan fingerprint density at radius 2 is 2.25 bits per heavy atom. The minimum absolute atomic E-state index is 0.309. The molecule has 110 valence electrons. The van der Waals surface area contributed by atoms with Gasteiger partial charge in [0, 0.05) is 44.0 Å². The summed E-state index contributed by atoms with van der Waals surface area (Å²) < 4.78 is 29.9. The van der Waals surface area contributed by atoms with Crippen molar-refractivity contribution in [1.82, 2.24) is 10.3 Å². The van der Waals surface area contributed by atoms with Crippen LogP contribution in [-0.2, 0) is 4.79 Å². The second-order valence-corrected chi connectivity index (χ2v) is 4.09. The van der Waals surface area contributed by atoms with E-state index in [1.165, 1.54) is 7.11 Å². The number of allylic oxidation sites excluding steroid dienone is 1. The van der Waals surface area contributed by atoms with E-state index < -0.39 is 11.8 Å². The van der Waals surface area contributed by atoms with Gasteiger partial charge in [-0.15, -0.1) is 0 Å². The van der Waals surface area contributed by atoms with Crippen LogP contribution in [0.5, 0.6) is 5.88 Å². The number of pyridine rings is 1. The molecule has 1 aromatic rings. The Morgan fingerprint density at radius 1 is 1.50 bits per heavy atom. The topological polar surface area (TPSA) is 63.2 Å².